The Bertz CT molecular complexity index is 586. The fraction of sp³-hybridized carbons (Fsp3) is 0.400. The molecule has 2 N–H and O–H groups in total. The van der Waals surface area contributed by atoms with Gasteiger partial charge in [-0.05, 0) is 32.9 Å². The van der Waals surface area contributed by atoms with Crippen molar-refractivity contribution in [3.63, 3.8) is 0 Å². The van der Waals surface area contributed by atoms with E-state index in [1.165, 1.54) is 0 Å². The first-order valence-corrected chi connectivity index (χ1v) is 6.94. The van der Waals surface area contributed by atoms with Gasteiger partial charge in [0, 0.05) is 37.2 Å². The molecule has 0 radical (unpaired) electrons. The van der Waals surface area contributed by atoms with E-state index >= 15 is 0 Å². The summed E-state index contributed by atoms with van der Waals surface area (Å²) in [7, 11) is 0. The Labute approximate surface area is 124 Å². The van der Waals surface area contributed by atoms with E-state index in [1.807, 2.05) is 49.7 Å². The van der Waals surface area contributed by atoms with E-state index in [2.05, 4.69) is 20.6 Å². The molecule has 0 fully saturated rings. The van der Waals surface area contributed by atoms with Crippen LogP contribution in [-0.2, 0) is 6.54 Å². The molecule has 21 heavy (non-hydrogen) atoms. The molecule has 2 rings (SSSR count). The Morgan fingerprint density at radius 1 is 1.24 bits per heavy atom. The van der Waals surface area contributed by atoms with E-state index in [1.54, 1.807) is 12.4 Å². The Morgan fingerprint density at radius 2 is 2.05 bits per heavy atom. The Hall–Kier alpha value is -2.37. The van der Waals surface area contributed by atoms with Crippen LogP contribution >= 0.6 is 0 Å². The monoisotopic (exact) mass is 287 g/mol. The molecule has 2 amide bonds. The maximum atomic E-state index is 11.7. The zero-order valence-electron chi connectivity index (χ0n) is 12.6. The van der Waals surface area contributed by atoms with Gasteiger partial charge in [-0.15, -0.1) is 0 Å². The van der Waals surface area contributed by atoms with E-state index in [4.69, 9.17) is 0 Å². The molecule has 2 heterocycles. The number of imidazole rings is 1. The van der Waals surface area contributed by atoms with Crippen LogP contribution in [0.4, 0.5) is 4.79 Å². The number of amides is 2. The van der Waals surface area contributed by atoms with Gasteiger partial charge in [-0.25, -0.2) is 9.78 Å². The van der Waals surface area contributed by atoms with Crippen LogP contribution in [0.3, 0.4) is 0 Å². The van der Waals surface area contributed by atoms with Crippen molar-refractivity contribution in [2.24, 2.45) is 0 Å². The first kappa shape index (κ1) is 15.0. The van der Waals surface area contributed by atoms with E-state index in [-0.39, 0.29) is 11.6 Å². The molecule has 6 nitrogen and oxygen atoms in total. The van der Waals surface area contributed by atoms with E-state index in [0.717, 1.165) is 11.5 Å². The molecule has 6 heteroatoms. The summed E-state index contributed by atoms with van der Waals surface area (Å²) in [4.78, 5) is 20.3. The summed E-state index contributed by atoms with van der Waals surface area (Å²) < 4.78 is 1.97. The minimum Gasteiger partial charge on any atom is -0.336 e. The first-order valence-electron chi connectivity index (χ1n) is 6.94. The zero-order valence-corrected chi connectivity index (χ0v) is 12.6. The van der Waals surface area contributed by atoms with Crippen LogP contribution in [0.1, 0.15) is 20.8 Å². The fourth-order valence-corrected chi connectivity index (χ4v) is 1.89. The van der Waals surface area contributed by atoms with Gasteiger partial charge in [0.15, 0.2) is 5.82 Å². The van der Waals surface area contributed by atoms with Crippen LogP contribution in [-0.4, -0.2) is 32.6 Å². The second kappa shape index (κ2) is 6.39. The predicted octanol–water partition coefficient (Wildman–Crippen LogP) is 2.04. The lowest BCUT2D eigenvalue weighted by molar-refractivity contribution is 0.231. The molecule has 0 bridgehead atoms. The maximum absolute atomic E-state index is 11.7. The number of pyridine rings is 1. The van der Waals surface area contributed by atoms with Crippen LogP contribution in [0.15, 0.2) is 36.8 Å². The molecule has 112 valence electrons. The molecule has 0 aromatic carbocycles. The van der Waals surface area contributed by atoms with Crippen molar-refractivity contribution < 1.29 is 4.79 Å². The number of hydrogen-bond acceptors (Lipinski definition) is 3. The van der Waals surface area contributed by atoms with Crippen molar-refractivity contribution in [2.45, 2.75) is 32.9 Å². The highest BCUT2D eigenvalue weighted by atomic mass is 16.2. The van der Waals surface area contributed by atoms with E-state index in [0.29, 0.717) is 13.1 Å². The van der Waals surface area contributed by atoms with Gasteiger partial charge >= 0.3 is 6.03 Å². The summed E-state index contributed by atoms with van der Waals surface area (Å²) in [6.07, 6.45) is 5.36. The molecule has 0 unspecified atom stereocenters. The summed E-state index contributed by atoms with van der Waals surface area (Å²) in [5.74, 6) is 0.800. The molecule has 0 saturated heterocycles. The molecule has 0 spiro atoms. The largest absolute Gasteiger partial charge is 0.336 e. The number of nitrogens with one attached hydrogen (secondary N) is 2. The van der Waals surface area contributed by atoms with E-state index < -0.39 is 0 Å². The van der Waals surface area contributed by atoms with Crippen molar-refractivity contribution in [3.8, 4) is 11.5 Å². The molecule has 0 aliphatic carbocycles. The fourth-order valence-electron chi connectivity index (χ4n) is 1.89. The van der Waals surface area contributed by atoms with Gasteiger partial charge in [0.2, 0.25) is 0 Å². The Morgan fingerprint density at radius 3 is 2.71 bits per heavy atom. The Balaban J connectivity index is 1.91. The molecule has 0 saturated carbocycles. The van der Waals surface area contributed by atoms with Gasteiger partial charge in [0.25, 0.3) is 0 Å². The smallest absolute Gasteiger partial charge is 0.315 e. The number of carbonyl (C=O) groups excluding carboxylic acids is 1. The van der Waals surface area contributed by atoms with Crippen molar-refractivity contribution in [1.29, 1.82) is 0 Å². The molecular weight excluding hydrogens is 266 g/mol. The minimum absolute atomic E-state index is 0.165. The van der Waals surface area contributed by atoms with Crippen LogP contribution in [0.5, 0.6) is 0 Å². The Kier molecular flexibility index (Phi) is 4.57. The first-order chi connectivity index (χ1) is 9.96. The average Bonchev–Trinajstić information content (AvgIpc) is 2.86. The number of urea groups is 1. The number of rotatable bonds is 4. The molecular formula is C15H21N5O. The van der Waals surface area contributed by atoms with Crippen molar-refractivity contribution in [1.82, 2.24) is 25.2 Å². The number of aromatic nitrogens is 3. The third-order valence-corrected chi connectivity index (χ3v) is 2.74. The highest BCUT2D eigenvalue weighted by Gasteiger charge is 2.13. The normalized spacial score (nSPS) is 11.2. The molecule has 0 aliphatic heterocycles. The lowest BCUT2D eigenvalue weighted by Crippen LogP contribution is -2.47. The lowest BCUT2D eigenvalue weighted by Gasteiger charge is -2.20. The summed E-state index contributed by atoms with van der Waals surface area (Å²) >= 11 is 0. The second-order valence-electron chi connectivity index (χ2n) is 5.79. The topological polar surface area (TPSA) is 71.8 Å². The number of carbonyl (C=O) groups is 1. The van der Waals surface area contributed by atoms with E-state index in [9.17, 15) is 4.79 Å². The molecule has 0 aliphatic rings. The SMILES string of the molecule is CC(C)(C)NC(=O)NCCn1ccnc1-c1ccccn1. The zero-order chi connectivity index (χ0) is 15.3. The second-order valence-corrected chi connectivity index (χ2v) is 5.79. The lowest BCUT2D eigenvalue weighted by atomic mass is 10.1. The molecule has 2 aromatic rings. The van der Waals surface area contributed by atoms with Gasteiger partial charge < -0.3 is 15.2 Å². The van der Waals surface area contributed by atoms with Gasteiger partial charge in [0.05, 0.1) is 0 Å². The third kappa shape index (κ3) is 4.59. The van der Waals surface area contributed by atoms with Crippen LogP contribution in [0, 0.1) is 0 Å². The predicted molar refractivity (Wildman–Crippen MR) is 81.7 cm³/mol. The number of hydrogen-bond donors (Lipinski definition) is 2. The van der Waals surface area contributed by atoms with Gasteiger partial charge in [-0.1, -0.05) is 6.07 Å². The summed E-state index contributed by atoms with van der Waals surface area (Å²) in [6.45, 7) is 7.01. The van der Waals surface area contributed by atoms with Crippen molar-refractivity contribution in [2.75, 3.05) is 6.54 Å². The third-order valence-electron chi connectivity index (χ3n) is 2.74. The summed E-state index contributed by atoms with van der Waals surface area (Å²) in [6, 6.07) is 5.55. The van der Waals surface area contributed by atoms with Crippen LogP contribution in [0.2, 0.25) is 0 Å². The van der Waals surface area contributed by atoms with Crippen LogP contribution in [0.25, 0.3) is 11.5 Å². The van der Waals surface area contributed by atoms with Crippen molar-refractivity contribution in [3.05, 3.63) is 36.8 Å². The summed E-state index contributed by atoms with van der Waals surface area (Å²) in [5.41, 5.74) is 0.583. The highest BCUT2D eigenvalue weighted by Crippen LogP contribution is 2.13. The quantitative estimate of drug-likeness (QED) is 0.904. The maximum Gasteiger partial charge on any atom is 0.315 e. The van der Waals surface area contributed by atoms with Crippen molar-refractivity contribution >= 4 is 6.03 Å². The van der Waals surface area contributed by atoms with Gasteiger partial charge in [-0.3, -0.25) is 4.98 Å². The highest BCUT2D eigenvalue weighted by molar-refractivity contribution is 5.74. The standard InChI is InChI=1S/C15H21N5O/c1-15(2,3)19-14(21)18-9-11-20-10-8-17-13(20)12-6-4-5-7-16-12/h4-8,10H,9,11H2,1-3H3,(H2,18,19,21). The molecule has 0 atom stereocenters. The van der Waals surface area contributed by atoms with Crippen LogP contribution < -0.4 is 10.6 Å². The minimum atomic E-state index is -0.238. The molecule has 2 aromatic heterocycles. The summed E-state index contributed by atoms with van der Waals surface area (Å²) in [5, 5.41) is 5.70. The average molecular weight is 287 g/mol. The van der Waals surface area contributed by atoms with Gasteiger partial charge in [-0.2, -0.15) is 0 Å². The van der Waals surface area contributed by atoms with Gasteiger partial charge in [0.1, 0.15) is 5.69 Å². The number of nitrogens with zero attached hydrogens (tertiary/aromatic N) is 3.